The third-order valence-electron chi connectivity index (χ3n) is 5.10. The van der Waals surface area contributed by atoms with Crippen LogP contribution in [0.25, 0.3) is 0 Å². The van der Waals surface area contributed by atoms with E-state index in [-0.39, 0.29) is 23.3 Å². The number of carbonyl (C=O) groups excluding carboxylic acids is 2. The minimum absolute atomic E-state index is 0.0982. The first-order valence-electron chi connectivity index (χ1n) is 9.05. The molecule has 0 unspecified atom stereocenters. The number of amides is 2. The first-order chi connectivity index (χ1) is 11.8. The van der Waals surface area contributed by atoms with E-state index in [0.29, 0.717) is 13.0 Å². The highest BCUT2D eigenvalue weighted by Crippen LogP contribution is 2.27. The number of likely N-dealkylation sites (tertiary alicyclic amines) is 1. The van der Waals surface area contributed by atoms with Gasteiger partial charge < -0.3 is 9.80 Å². The number of nitrogens with zero attached hydrogens (tertiary/aromatic N) is 4. The van der Waals surface area contributed by atoms with Crippen LogP contribution in [-0.2, 0) is 16.1 Å². The first-order valence-corrected chi connectivity index (χ1v) is 9.05. The summed E-state index contributed by atoms with van der Waals surface area (Å²) in [4.78, 5) is 35.3. The maximum absolute atomic E-state index is 12.8. The van der Waals surface area contributed by atoms with Gasteiger partial charge in [-0.25, -0.2) is 0 Å². The van der Waals surface area contributed by atoms with Gasteiger partial charge in [0, 0.05) is 63.6 Å². The van der Waals surface area contributed by atoms with Crippen LogP contribution >= 0.6 is 0 Å². The van der Waals surface area contributed by atoms with E-state index in [0.717, 1.165) is 32.7 Å². The van der Waals surface area contributed by atoms with Crippen LogP contribution < -0.4 is 0 Å². The van der Waals surface area contributed by atoms with Crippen LogP contribution in [0.15, 0.2) is 24.5 Å². The molecule has 2 saturated heterocycles. The van der Waals surface area contributed by atoms with Crippen LogP contribution in [0.5, 0.6) is 0 Å². The molecule has 2 fully saturated rings. The molecular weight excluding hydrogens is 316 g/mol. The van der Waals surface area contributed by atoms with Gasteiger partial charge in [0.2, 0.25) is 11.8 Å². The van der Waals surface area contributed by atoms with Crippen molar-refractivity contribution in [2.75, 3.05) is 32.7 Å². The van der Waals surface area contributed by atoms with Crippen molar-refractivity contribution in [1.29, 1.82) is 0 Å². The Hall–Kier alpha value is -1.95. The molecule has 3 rings (SSSR count). The largest absolute Gasteiger partial charge is 0.340 e. The highest BCUT2D eigenvalue weighted by Gasteiger charge is 2.41. The van der Waals surface area contributed by atoms with E-state index in [4.69, 9.17) is 0 Å². The van der Waals surface area contributed by atoms with E-state index >= 15 is 0 Å². The monoisotopic (exact) mass is 344 g/mol. The summed E-state index contributed by atoms with van der Waals surface area (Å²) in [6.07, 6.45) is 4.03. The van der Waals surface area contributed by atoms with Gasteiger partial charge in [-0.1, -0.05) is 6.07 Å². The fourth-order valence-electron chi connectivity index (χ4n) is 3.66. The number of carbonyl (C=O) groups is 2. The van der Waals surface area contributed by atoms with Crippen LogP contribution in [-0.4, -0.2) is 69.8 Å². The summed E-state index contributed by atoms with van der Waals surface area (Å²) in [5.41, 5.74) is 0.985. The number of aromatic nitrogens is 1. The second kappa shape index (κ2) is 7.12. The lowest BCUT2D eigenvalue weighted by Crippen LogP contribution is -2.50. The van der Waals surface area contributed by atoms with Crippen molar-refractivity contribution in [3.63, 3.8) is 0 Å². The van der Waals surface area contributed by atoms with Crippen molar-refractivity contribution in [2.45, 2.75) is 39.3 Å². The van der Waals surface area contributed by atoms with Crippen molar-refractivity contribution < 1.29 is 9.59 Å². The Balaban J connectivity index is 1.51. The van der Waals surface area contributed by atoms with E-state index in [1.807, 2.05) is 42.8 Å². The fraction of sp³-hybridized carbons (Fsp3) is 0.632. The molecule has 1 atom stereocenters. The molecular formula is C19H28N4O2. The van der Waals surface area contributed by atoms with Gasteiger partial charge in [-0.3, -0.25) is 19.5 Å². The third kappa shape index (κ3) is 4.18. The Labute approximate surface area is 149 Å². The summed E-state index contributed by atoms with van der Waals surface area (Å²) in [5, 5.41) is 0. The summed E-state index contributed by atoms with van der Waals surface area (Å²) in [5.74, 6) is 0.0544. The molecule has 136 valence electrons. The molecule has 1 aromatic rings. The lowest BCUT2D eigenvalue weighted by molar-refractivity contribution is -0.137. The Morgan fingerprint density at radius 3 is 2.52 bits per heavy atom. The predicted molar refractivity (Wildman–Crippen MR) is 95.7 cm³/mol. The molecule has 0 radical (unpaired) electrons. The molecule has 0 aromatic carbocycles. The second-order valence-corrected chi connectivity index (χ2v) is 8.04. The Morgan fingerprint density at radius 1 is 1.24 bits per heavy atom. The maximum Gasteiger partial charge on any atom is 0.228 e. The standard InChI is InChI=1S/C19H28N4O2/c1-19(2,3)23-14-16(11-17(23)24)18(25)22-9-7-21(8-10-22)13-15-5-4-6-20-12-15/h4-6,12,16H,7-11,13-14H2,1-3H3/t16-/m0/s1. The van der Waals surface area contributed by atoms with Gasteiger partial charge in [0.05, 0.1) is 5.92 Å². The van der Waals surface area contributed by atoms with Crippen LogP contribution in [0.1, 0.15) is 32.8 Å². The van der Waals surface area contributed by atoms with Gasteiger partial charge in [0.25, 0.3) is 0 Å². The normalized spacial score (nSPS) is 22.5. The van der Waals surface area contributed by atoms with Crippen molar-refractivity contribution >= 4 is 11.8 Å². The van der Waals surface area contributed by atoms with Crippen molar-refractivity contribution in [2.24, 2.45) is 5.92 Å². The van der Waals surface area contributed by atoms with Crippen molar-refractivity contribution in [1.82, 2.24) is 19.7 Å². The molecule has 1 aromatic heterocycles. The molecule has 0 spiro atoms. The van der Waals surface area contributed by atoms with Crippen molar-refractivity contribution in [3.8, 4) is 0 Å². The SMILES string of the molecule is CC(C)(C)N1C[C@@H](C(=O)N2CCN(Cc3cccnc3)CC2)CC1=O. The van der Waals surface area contributed by atoms with Crippen molar-refractivity contribution in [3.05, 3.63) is 30.1 Å². The lowest BCUT2D eigenvalue weighted by atomic mass is 10.1. The van der Waals surface area contributed by atoms with E-state index in [9.17, 15) is 9.59 Å². The van der Waals surface area contributed by atoms with Gasteiger partial charge in [-0.2, -0.15) is 0 Å². The Morgan fingerprint density at radius 2 is 1.96 bits per heavy atom. The van der Waals surface area contributed by atoms with Crippen LogP contribution in [0.2, 0.25) is 0 Å². The van der Waals surface area contributed by atoms with Crippen LogP contribution in [0.4, 0.5) is 0 Å². The second-order valence-electron chi connectivity index (χ2n) is 8.04. The average Bonchev–Trinajstić information content (AvgIpc) is 2.98. The Bertz CT molecular complexity index is 618. The van der Waals surface area contributed by atoms with Crippen LogP contribution in [0, 0.1) is 5.92 Å². The molecule has 2 aliphatic heterocycles. The fourth-order valence-corrected chi connectivity index (χ4v) is 3.66. The molecule has 6 nitrogen and oxygen atoms in total. The maximum atomic E-state index is 12.8. The van der Waals surface area contributed by atoms with Gasteiger partial charge in [0.15, 0.2) is 0 Å². The van der Waals surface area contributed by atoms with E-state index in [1.165, 1.54) is 5.56 Å². The van der Waals surface area contributed by atoms with Gasteiger partial charge >= 0.3 is 0 Å². The minimum Gasteiger partial charge on any atom is -0.340 e. The summed E-state index contributed by atoms with van der Waals surface area (Å²) in [6.45, 7) is 10.7. The summed E-state index contributed by atoms with van der Waals surface area (Å²) >= 11 is 0. The lowest BCUT2D eigenvalue weighted by Gasteiger charge is -2.36. The zero-order valence-corrected chi connectivity index (χ0v) is 15.4. The zero-order chi connectivity index (χ0) is 18.0. The number of pyridine rings is 1. The first kappa shape index (κ1) is 17.9. The molecule has 0 N–H and O–H groups in total. The number of piperazine rings is 1. The highest BCUT2D eigenvalue weighted by atomic mass is 16.2. The predicted octanol–water partition coefficient (Wildman–Crippen LogP) is 1.37. The summed E-state index contributed by atoms with van der Waals surface area (Å²) < 4.78 is 0. The average molecular weight is 344 g/mol. The third-order valence-corrected chi connectivity index (χ3v) is 5.10. The summed E-state index contributed by atoms with van der Waals surface area (Å²) in [7, 11) is 0. The molecule has 3 heterocycles. The zero-order valence-electron chi connectivity index (χ0n) is 15.4. The molecule has 2 aliphatic rings. The quantitative estimate of drug-likeness (QED) is 0.831. The van der Waals surface area contributed by atoms with Gasteiger partial charge in [0.1, 0.15) is 0 Å². The van der Waals surface area contributed by atoms with E-state index < -0.39 is 0 Å². The summed E-state index contributed by atoms with van der Waals surface area (Å²) in [6, 6.07) is 4.03. The number of hydrogen-bond acceptors (Lipinski definition) is 4. The molecule has 25 heavy (non-hydrogen) atoms. The number of hydrogen-bond donors (Lipinski definition) is 0. The van der Waals surface area contributed by atoms with Gasteiger partial charge in [-0.15, -0.1) is 0 Å². The van der Waals surface area contributed by atoms with E-state index in [1.54, 1.807) is 6.20 Å². The molecule has 0 saturated carbocycles. The smallest absolute Gasteiger partial charge is 0.228 e. The molecule has 6 heteroatoms. The molecule has 0 bridgehead atoms. The molecule has 0 aliphatic carbocycles. The van der Waals surface area contributed by atoms with Crippen LogP contribution in [0.3, 0.4) is 0 Å². The van der Waals surface area contributed by atoms with Gasteiger partial charge in [-0.05, 0) is 32.4 Å². The Kier molecular flexibility index (Phi) is 5.08. The highest BCUT2D eigenvalue weighted by molar-refractivity contribution is 5.89. The molecule has 2 amide bonds. The topological polar surface area (TPSA) is 56.8 Å². The number of rotatable bonds is 3. The minimum atomic E-state index is -0.214. The van der Waals surface area contributed by atoms with E-state index in [2.05, 4.69) is 16.0 Å².